The minimum Gasteiger partial charge on any atom is -0.465 e. The van der Waals surface area contributed by atoms with Crippen LogP contribution in [0.4, 0.5) is 5.69 Å². The van der Waals surface area contributed by atoms with Gasteiger partial charge in [0.15, 0.2) is 0 Å². The van der Waals surface area contributed by atoms with Crippen LogP contribution in [0.25, 0.3) is 0 Å². The second-order valence-corrected chi connectivity index (χ2v) is 4.00. The molecular formula is C13H17NO4. The molecule has 0 saturated heterocycles. The lowest BCUT2D eigenvalue weighted by Crippen LogP contribution is -2.14. The highest BCUT2D eigenvalue weighted by Crippen LogP contribution is 2.11. The lowest BCUT2D eigenvalue weighted by molar-refractivity contribution is -0.116. The van der Waals surface area contributed by atoms with E-state index >= 15 is 0 Å². The molecule has 0 spiro atoms. The summed E-state index contributed by atoms with van der Waals surface area (Å²) in [7, 11) is 1.31. The van der Waals surface area contributed by atoms with Gasteiger partial charge >= 0.3 is 5.97 Å². The van der Waals surface area contributed by atoms with E-state index in [4.69, 9.17) is 5.11 Å². The first-order chi connectivity index (χ1) is 8.52. The number of hydrogen-bond acceptors (Lipinski definition) is 4. The summed E-state index contributed by atoms with van der Waals surface area (Å²) in [5, 5.41) is 11.7. The fourth-order valence-electron chi connectivity index (χ4n) is 1.37. The molecule has 0 saturated carbocycles. The maximum atomic E-state index is 11.5. The zero-order chi connectivity index (χ0) is 13.5. The first-order valence-electron chi connectivity index (χ1n) is 5.69. The fraction of sp³-hybridized carbons (Fsp3) is 0.385. The molecule has 98 valence electrons. The van der Waals surface area contributed by atoms with Gasteiger partial charge in [-0.2, -0.15) is 0 Å². The molecule has 1 rings (SSSR count). The maximum absolute atomic E-state index is 11.5. The summed E-state index contributed by atoms with van der Waals surface area (Å²) in [6.45, 7) is 1.64. The molecule has 0 heterocycles. The Hall–Kier alpha value is -1.88. The topological polar surface area (TPSA) is 75.6 Å². The van der Waals surface area contributed by atoms with Crippen LogP contribution < -0.4 is 5.32 Å². The molecule has 1 amide bonds. The Kier molecular flexibility index (Phi) is 5.32. The molecule has 5 heteroatoms. The Labute approximate surface area is 106 Å². The van der Waals surface area contributed by atoms with Crippen molar-refractivity contribution in [3.8, 4) is 0 Å². The van der Waals surface area contributed by atoms with E-state index in [0.29, 0.717) is 17.7 Å². The molecule has 0 radical (unpaired) electrons. The molecular weight excluding hydrogens is 234 g/mol. The molecule has 0 aliphatic heterocycles. The van der Waals surface area contributed by atoms with E-state index in [1.165, 1.54) is 7.11 Å². The standard InChI is InChI=1S/C13H17NO4/c1-9(15)3-8-12(16)14-11-6-4-10(5-7-11)13(17)18-2/h4-7,9,15H,3,8H2,1-2H3,(H,14,16). The number of ether oxygens (including phenoxy) is 1. The number of esters is 1. The van der Waals surface area contributed by atoms with Gasteiger partial charge in [-0.3, -0.25) is 4.79 Å². The third kappa shape index (κ3) is 4.55. The summed E-state index contributed by atoms with van der Waals surface area (Å²) in [5.41, 5.74) is 1.04. The number of methoxy groups -OCH3 is 1. The molecule has 5 nitrogen and oxygen atoms in total. The van der Waals surface area contributed by atoms with Crippen molar-refractivity contribution in [3.63, 3.8) is 0 Å². The van der Waals surface area contributed by atoms with Gasteiger partial charge in [-0.25, -0.2) is 4.79 Å². The van der Waals surface area contributed by atoms with Gasteiger partial charge in [0.25, 0.3) is 0 Å². The van der Waals surface area contributed by atoms with Crippen LogP contribution >= 0.6 is 0 Å². The summed E-state index contributed by atoms with van der Waals surface area (Å²) >= 11 is 0. The molecule has 1 aromatic carbocycles. The monoisotopic (exact) mass is 251 g/mol. The molecule has 0 fully saturated rings. The van der Waals surface area contributed by atoms with E-state index in [-0.39, 0.29) is 12.3 Å². The lowest BCUT2D eigenvalue weighted by Gasteiger charge is -2.07. The number of hydrogen-bond donors (Lipinski definition) is 2. The van der Waals surface area contributed by atoms with Gasteiger partial charge in [-0.15, -0.1) is 0 Å². The number of anilines is 1. The van der Waals surface area contributed by atoms with Crippen LogP contribution in [-0.4, -0.2) is 30.2 Å². The molecule has 1 atom stereocenters. The molecule has 2 N–H and O–H groups in total. The normalized spacial score (nSPS) is 11.7. The number of carbonyl (C=O) groups is 2. The lowest BCUT2D eigenvalue weighted by atomic mass is 10.2. The highest BCUT2D eigenvalue weighted by atomic mass is 16.5. The number of aliphatic hydroxyl groups excluding tert-OH is 1. The third-order valence-corrected chi connectivity index (χ3v) is 2.38. The average Bonchev–Trinajstić information content (AvgIpc) is 2.36. The van der Waals surface area contributed by atoms with Gasteiger partial charge in [0.05, 0.1) is 18.8 Å². The van der Waals surface area contributed by atoms with Crippen molar-refractivity contribution in [2.45, 2.75) is 25.9 Å². The summed E-state index contributed by atoms with van der Waals surface area (Å²) in [4.78, 5) is 22.7. The van der Waals surface area contributed by atoms with Crippen LogP contribution in [0.1, 0.15) is 30.1 Å². The van der Waals surface area contributed by atoms with Crippen LogP contribution in [0, 0.1) is 0 Å². The van der Waals surface area contributed by atoms with Crippen LogP contribution in [0.15, 0.2) is 24.3 Å². The van der Waals surface area contributed by atoms with Crippen LogP contribution in [-0.2, 0) is 9.53 Å². The van der Waals surface area contributed by atoms with Gasteiger partial charge in [0.1, 0.15) is 0 Å². The average molecular weight is 251 g/mol. The van der Waals surface area contributed by atoms with Crippen molar-refractivity contribution in [2.24, 2.45) is 0 Å². The van der Waals surface area contributed by atoms with Crippen molar-refractivity contribution in [2.75, 3.05) is 12.4 Å². The summed E-state index contributed by atoms with van der Waals surface area (Å²) in [5.74, 6) is -0.580. The minimum absolute atomic E-state index is 0.165. The Morgan fingerprint density at radius 3 is 2.44 bits per heavy atom. The number of aliphatic hydroxyl groups is 1. The predicted octanol–water partition coefficient (Wildman–Crippen LogP) is 1.57. The molecule has 0 aliphatic rings. The Balaban J connectivity index is 2.53. The minimum atomic E-state index is -0.488. The number of benzene rings is 1. The first kappa shape index (κ1) is 14.2. The summed E-state index contributed by atoms with van der Waals surface area (Å²) < 4.78 is 4.57. The van der Waals surface area contributed by atoms with Gasteiger partial charge in [0.2, 0.25) is 5.91 Å². The highest BCUT2D eigenvalue weighted by Gasteiger charge is 2.07. The number of nitrogens with one attached hydrogen (secondary N) is 1. The van der Waals surface area contributed by atoms with Gasteiger partial charge in [-0.1, -0.05) is 0 Å². The van der Waals surface area contributed by atoms with Crippen molar-refractivity contribution >= 4 is 17.6 Å². The second-order valence-electron chi connectivity index (χ2n) is 4.00. The van der Waals surface area contributed by atoms with E-state index < -0.39 is 12.1 Å². The second kappa shape index (κ2) is 6.76. The SMILES string of the molecule is COC(=O)c1ccc(NC(=O)CCC(C)O)cc1. The van der Waals surface area contributed by atoms with Crippen LogP contribution in [0.2, 0.25) is 0 Å². The Bertz CT molecular complexity index is 412. The third-order valence-electron chi connectivity index (χ3n) is 2.38. The van der Waals surface area contributed by atoms with E-state index in [9.17, 15) is 9.59 Å². The van der Waals surface area contributed by atoms with E-state index in [0.717, 1.165) is 0 Å². The van der Waals surface area contributed by atoms with Crippen molar-refractivity contribution < 1.29 is 19.4 Å². The molecule has 0 aromatic heterocycles. The van der Waals surface area contributed by atoms with Gasteiger partial charge in [-0.05, 0) is 37.6 Å². The predicted molar refractivity (Wildman–Crippen MR) is 67.3 cm³/mol. The largest absolute Gasteiger partial charge is 0.465 e. The van der Waals surface area contributed by atoms with Crippen molar-refractivity contribution in [1.82, 2.24) is 0 Å². The molecule has 18 heavy (non-hydrogen) atoms. The summed E-state index contributed by atoms with van der Waals surface area (Å²) in [6.07, 6.45) is 0.195. The van der Waals surface area contributed by atoms with E-state index in [2.05, 4.69) is 10.1 Å². The smallest absolute Gasteiger partial charge is 0.337 e. The summed E-state index contributed by atoms with van der Waals surface area (Å²) in [6, 6.07) is 6.42. The number of carbonyl (C=O) groups excluding carboxylic acids is 2. The van der Waals surface area contributed by atoms with Crippen LogP contribution in [0.5, 0.6) is 0 Å². The zero-order valence-corrected chi connectivity index (χ0v) is 10.5. The highest BCUT2D eigenvalue weighted by molar-refractivity contribution is 5.93. The van der Waals surface area contributed by atoms with Crippen LogP contribution in [0.3, 0.4) is 0 Å². The molecule has 0 bridgehead atoms. The fourth-order valence-corrected chi connectivity index (χ4v) is 1.37. The Morgan fingerprint density at radius 1 is 1.33 bits per heavy atom. The number of rotatable bonds is 5. The molecule has 0 aliphatic carbocycles. The maximum Gasteiger partial charge on any atom is 0.337 e. The van der Waals surface area contributed by atoms with Crippen molar-refractivity contribution in [3.05, 3.63) is 29.8 Å². The zero-order valence-electron chi connectivity index (χ0n) is 10.5. The number of amides is 1. The Morgan fingerprint density at radius 2 is 1.94 bits per heavy atom. The van der Waals surface area contributed by atoms with Gasteiger partial charge in [0, 0.05) is 12.1 Å². The van der Waals surface area contributed by atoms with E-state index in [1.807, 2.05) is 0 Å². The quantitative estimate of drug-likeness (QED) is 0.779. The first-order valence-corrected chi connectivity index (χ1v) is 5.69. The van der Waals surface area contributed by atoms with Gasteiger partial charge < -0.3 is 15.2 Å². The molecule has 1 unspecified atom stereocenters. The van der Waals surface area contributed by atoms with Crippen molar-refractivity contribution in [1.29, 1.82) is 0 Å². The van der Waals surface area contributed by atoms with E-state index in [1.54, 1.807) is 31.2 Å². The molecule has 1 aromatic rings.